The highest BCUT2D eigenvalue weighted by Crippen LogP contribution is 2.22. The third-order valence-electron chi connectivity index (χ3n) is 4.50. The van der Waals surface area contributed by atoms with E-state index in [9.17, 15) is 14.4 Å². The largest absolute Gasteiger partial charge is 0.496 e. The Bertz CT molecular complexity index is 933. The van der Waals surface area contributed by atoms with Crippen molar-refractivity contribution in [3.8, 4) is 5.75 Å². The van der Waals surface area contributed by atoms with Crippen LogP contribution in [0.3, 0.4) is 0 Å². The van der Waals surface area contributed by atoms with Crippen LogP contribution in [0.2, 0.25) is 0 Å². The number of hydrogen-bond acceptors (Lipinski definition) is 5. The standard InChI is InChI=1S/C20H28N4O4/c1-4-6-12-24-18(21)17(19(26)22-20(24)27)23(11-5-2)16(25)13-14-9-7-8-10-15(14)28-3/h7-10H,4-6,11-13,21H2,1-3H3,(H,22,26,27). The molecule has 3 N–H and O–H groups in total. The molecule has 28 heavy (non-hydrogen) atoms. The van der Waals surface area contributed by atoms with Gasteiger partial charge in [0.05, 0.1) is 13.5 Å². The minimum atomic E-state index is -0.655. The summed E-state index contributed by atoms with van der Waals surface area (Å²) in [5.74, 6) is 0.329. The van der Waals surface area contributed by atoms with Gasteiger partial charge in [0, 0.05) is 18.7 Å². The molecule has 2 rings (SSSR count). The maximum absolute atomic E-state index is 13.1. The number of carbonyl (C=O) groups excluding carboxylic acids is 1. The van der Waals surface area contributed by atoms with Crippen LogP contribution in [0.4, 0.5) is 11.5 Å². The molecule has 0 atom stereocenters. The predicted molar refractivity (Wildman–Crippen MR) is 110 cm³/mol. The quantitative estimate of drug-likeness (QED) is 0.682. The van der Waals surface area contributed by atoms with Gasteiger partial charge in [-0.15, -0.1) is 0 Å². The number of H-pyrrole nitrogens is 1. The molecule has 0 aliphatic rings. The Labute approximate surface area is 163 Å². The molecule has 0 aliphatic heterocycles. The van der Waals surface area contributed by atoms with E-state index in [2.05, 4.69) is 4.98 Å². The van der Waals surface area contributed by atoms with E-state index in [1.165, 1.54) is 9.47 Å². The van der Waals surface area contributed by atoms with Gasteiger partial charge in [-0.05, 0) is 18.9 Å². The Hall–Kier alpha value is -3.03. The van der Waals surface area contributed by atoms with Crippen molar-refractivity contribution in [3.63, 3.8) is 0 Å². The lowest BCUT2D eigenvalue weighted by atomic mass is 10.1. The predicted octanol–water partition coefficient (Wildman–Crippen LogP) is 1.91. The maximum Gasteiger partial charge on any atom is 0.330 e. The number of amides is 1. The monoisotopic (exact) mass is 388 g/mol. The van der Waals surface area contributed by atoms with Gasteiger partial charge in [-0.1, -0.05) is 38.5 Å². The number of rotatable bonds is 9. The summed E-state index contributed by atoms with van der Waals surface area (Å²) in [6.07, 6.45) is 2.28. The maximum atomic E-state index is 13.1. The molecule has 0 bridgehead atoms. The van der Waals surface area contributed by atoms with Gasteiger partial charge in [0.1, 0.15) is 11.6 Å². The number of ether oxygens (including phenoxy) is 1. The number of nitrogen functional groups attached to an aromatic ring is 1. The normalized spacial score (nSPS) is 10.7. The smallest absolute Gasteiger partial charge is 0.330 e. The second kappa shape index (κ2) is 9.77. The number of anilines is 2. The number of nitrogens with one attached hydrogen (secondary N) is 1. The first-order chi connectivity index (χ1) is 13.4. The summed E-state index contributed by atoms with van der Waals surface area (Å²) in [5.41, 5.74) is 5.69. The van der Waals surface area contributed by atoms with Crippen molar-refractivity contribution in [2.75, 3.05) is 24.3 Å². The van der Waals surface area contributed by atoms with Crippen molar-refractivity contribution in [1.29, 1.82) is 0 Å². The first kappa shape index (κ1) is 21.3. The van der Waals surface area contributed by atoms with Gasteiger partial charge in [-0.25, -0.2) is 4.79 Å². The van der Waals surface area contributed by atoms with Crippen LogP contribution in [0, 0.1) is 0 Å². The number of hydrogen-bond donors (Lipinski definition) is 2. The van der Waals surface area contributed by atoms with Crippen LogP contribution in [-0.2, 0) is 17.8 Å². The lowest BCUT2D eigenvalue weighted by Crippen LogP contribution is -2.42. The van der Waals surface area contributed by atoms with Gasteiger partial charge in [0.25, 0.3) is 5.56 Å². The SMILES string of the molecule is CCCCn1c(N)c(N(CCC)C(=O)Cc2ccccc2OC)c(=O)[nH]c1=O. The van der Waals surface area contributed by atoms with E-state index in [-0.39, 0.29) is 23.8 Å². The minimum Gasteiger partial charge on any atom is -0.496 e. The number of methoxy groups -OCH3 is 1. The lowest BCUT2D eigenvalue weighted by Gasteiger charge is -2.24. The molecule has 1 aromatic heterocycles. The fraction of sp³-hybridized carbons (Fsp3) is 0.450. The van der Waals surface area contributed by atoms with E-state index < -0.39 is 11.2 Å². The van der Waals surface area contributed by atoms with Gasteiger partial charge in [-0.2, -0.15) is 0 Å². The minimum absolute atomic E-state index is 0.0176. The topological polar surface area (TPSA) is 110 Å². The van der Waals surface area contributed by atoms with Gasteiger partial charge in [0.15, 0.2) is 5.69 Å². The van der Waals surface area contributed by atoms with Crippen LogP contribution >= 0.6 is 0 Å². The summed E-state index contributed by atoms with van der Waals surface area (Å²) in [5, 5.41) is 0. The zero-order chi connectivity index (χ0) is 20.7. The number of para-hydroxylation sites is 1. The van der Waals surface area contributed by atoms with Crippen molar-refractivity contribution >= 4 is 17.4 Å². The van der Waals surface area contributed by atoms with Crippen LogP contribution in [0.1, 0.15) is 38.7 Å². The number of carbonyl (C=O) groups is 1. The Morgan fingerprint density at radius 3 is 2.57 bits per heavy atom. The Kier molecular flexibility index (Phi) is 7.43. The highest BCUT2D eigenvalue weighted by atomic mass is 16.5. The zero-order valence-electron chi connectivity index (χ0n) is 16.7. The third-order valence-corrected chi connectivity index (χ3v) is 4.50. The van der Waals surface area contributed by atoms with Crippen molar-refractivity contribution in [3.05, 3.63) is 50.7 Å². The molecular formula is C20H28N4O4. The molecule has 0 aliphatic carbocycles. The highest BCUT2D eigenvalue weighted by molar-refractivity contribution is 5.97. The molecule has 1 amide bonds. The van der Waals surface area contributed by atoms with E-state index in [1.54, 1.807) is 19.2 Å². The molecule has 2 aromatic rings. The molecular weight excluding hydrogens is 360 g/mol. The van der Waals surface area contributed by atoms with Crippen LogP contribution in [0.25, 0.3) is 0 Å². The van der Waals surface area contributed by atoms with Gasteiger partial charge >= 0.3 is 5.69 Å². The second-order valence-corrected chi connectivity index (χ2v) is 6.53. The van der Waals surface area contributed by atoms with Crippen LogP contribution in [0.5, 0.6) is 5.75 Å². The van der Waals surface area contributed by atoms with Gasteiger partial charge < -0.3 is 15.4 Å². The van der Waals surface area contributed by atoms with E-state index >= 15 is 0 Å². The molecule has 0 saturated carbocycles. The summed E-state index contributed by atoms with van der Waals surface area (Å²) in [6.45, 7) is 4.59. The number of unbranched alkanes of at least 4 members (excludes halogenated alkanes) is 1. The molecule has 8 nitrogen and oxygen atoms in total. The molecule has 0 fully saturated rings. The number of nitrogens with two attached hydrogens (primary N) is 1. The van der Waals surface area contributed by atoms with Crippen LogP contribution in [-0.4, -0.2) is 29.1 Å². The summed E-state index contributed by atoms with van der Waals surface area (Å²) in [7, 11) is 1.54. The molecule has 0 saturated heterocycles. The Morgan fingerprint density at radius 2 is 1.93 bits per heavy atom. The first-order valence-corrected chi connectivity index (χ1v) is 9.49. The molecule has 0 unspecified atom stereocenters. The average Bonchev–Trinajstić information content (AvgIpc) is 2.67. The number of aromatic amines is 1. The fourth-order valence-corrected chi connectivity index (χ4v) is 3.07. The van der Waals surface area contributed by atoms with Crippen molar-refractivity contribution in [2.24, 2.45) is 0 Å². The number of benzene rings is 1. The number of aromatic nitrogens is 2. The Morgan fingerprint density at radius 1 is 1.21 bits per heavy atom. The van der Waals surface area contributed by atoms with E-state index in [0.29, 0.717) is 30.8 Å². The van der Waals surface area contributed by atoms with Gasteiger partial charge in [-0.3, -0.25) is 19.1 Å². The third kappa shape index (κ3) is 4.62. The number of nitrogens with zero attached hydrogens (tertiary/aromatic N) is 2. The van der Waals surface area contributed by atoms with Crippen molar-refractivity contribution in [1.82, 2.24) is 9.55 Å². The zero-order valence-corrected chi connectivity index (χ0v) is 16.7. The lowest BCUT2D eigenvalue weighted by molar-refractivity contribution is -0.118. The second-order valence-electron chi connectivity index (χ2n) is 6.53. The summed E-state index contributed by atoms with van der Waals surface area (Å²) in [4.78, 5) is 41.4. The van der Waals surface area contributed by atoms with Crippen LogP contribution < -0.4 is 26.6 Å². The van der Waals surface area contributed by atoms with Gasteiger partial charge in [0.2, 0.25) is 5.91 Å². The molecule has 0 spiro atoms. The molecule has 1 heterocycles. The van der Waals surface area contributed by atoms with Crippen LogP contribution in [0.15, 0.2) is 33.9 Å². The summed E-state index contributed by atoms with van der Waals surface area (Å²) in [6, 6.07) is 7.22. The summed E-state index contributed by atoms with van der Waals surface area (Å²) >= 11 is 0. The van der Waals surface area contributed by atoms with Crippen molar-refractivity contribution in [2.45, 2.75) is 46.1 Å². The van der Waals surface area contributed by atoms with E-state index in [0.717, 1.165) is 12.8 Å². The fourth-order valence-electron chi connectivity index (χ4n) is 3.07. The van der Waals surface area contributed by atoms with E-state index in [4.69, 9.17) is 10.5 Å². The van der Waals surface area contributed by atoms with Crippen molar-refractivity contribution < 1.29 is 9.53 Å². The average molecular weight is 388 g/mol. The Balaban J connectivity index is 2.46. The molecule has 8 heteroatoms. The molecule has 1 aromatic carbocycles. The molecule has 0 radical (unpaired) electrons. The first-order valence-electron chi connectivity index (χ1n) is 9.49. The highest BCUT2D eigenvalue weighted by Gasteiger charge is 2.24. The summed E-state index contributed by atoms with van der Waals surface area (Å²) < 4.78 is 6.63. The molecule has 152 valence electrons. The van der Waals surface area contributed by atoms with E-state index in [1.807, 2.05) is 26.0 Å².